The Morgan fingerprint density at radius 3 is 2.13 bits per heavy atom. The van der Waals surface area contributed by atoms with Crippen molar-refractivity contribution >= 4 is 18.6 Å². The molecule has 2 atom stereocenters. The molecule has 2 aliphatic heterocycles. The Morgan fingerprint density at radius 1 is 1.27 bits per heavy atom. The average molecular weight is 211 g/mol. The van der Waals surface area contributed by atoms with E-state index >= 15 is 0 Å². The van der Waals surface area contributed by atoms with Crippen LogP contribution in [0.4, 0.5) is 0 Å². The molecule has 3 fully saturated rings. The van der Waals surface area contributed by atoms with E-state index in [4.69, 9.17) is 9.31 Å². The molecule has 6 heteroatoms. The van der Waals surface area contributed by atoms with Crippen molar-refractivity contribution in [2.45, 2.75) is 19.2 Å². The standard InChI is InChI=1S/C9H14BNO4/c1-6-3-7(6)10-11(2,4-8(12)14-10)5-9(13)15-10/h6-7H,3-5H2,1-2H3/t6-,7?,10?,11?/m1/s1. The normalized spacial score (nSPS) is 52.4. The van der Waals surface area contributed by atoms with Gasteiger partial charge in [0.15, 0.2) is 0 Å². The Kier molecular flexibility index (Phi) is 1.46. The zero-order valence-corrected chi connectivity index (χ0v) is 8.93. The monoisotopic (exact) mass is 211 g/mol. The molecule has 5 nitrogen and oxygen atoms in total. The van der Waals surface area contributed by atoms with E-state index in [0.29, 0.717) is 10.3 Å². The first-order chi connectivity index (χ1) is 6.97. The number of likely N-dealkylation sites (N-methyl/N-ethyl adjacent to an activating group) is 1. The molecule has 15 heavy (non-hydrogen) atoms. The molecule has 0 N–H and O–H groups in total. The SMILES string of the molecule is C[C@@H]1CC1[B-]12OC(=O)C[N+]1(C)CC(=O)O2. The summed E-state index contributed by atoms with van der Waals surface area (Å²) in [5, 5.41) is 0. The summed E-state index contributed by atoms with van der Waals surface area (Å²) in [7, 11) is 1.89. The highest BCUT2D eigenvalue weighted by Gasteiger charge is 2.73. The Balaban J connectivity index is 2.02. The van der Waals surface area contributed by atoms with Crippen molar-refractivity contribution in [1.82, 2.24) is 0 Å². The highest BCUT2D eigenvalue weighted by atomic mass is 16.7. The third-order valence-electron chi connectivity index (χ3n) is 4.16. The van der Waals surface area contributed by atoms with Gasteiger partial charge in [-0.2, -0.15) is 0 Å². The van der Waals surface area contributed by atoms with Gasteiger partial charge in [-0.25, -0.2) is 0 Å². The molecule has 82 valence electrons. The second kappa shape index (κ2) is 2.37. The Morgan fingerprint density at radius 2 is 1.73 bits per heavy atom. The van der Waals surface area contributed by atoms with E-state index in [1.165, 1.54) is 0 Å². The second-order valence-electron chi connectivity index (χ2n) is 5.38. The number of fused-ring (bicyclic) bond motifs is 1. The summed E-state index contributed by atoms with van der Waals surface area (Å²) in [5.41, 5.74) is 0. The first-order valence-electron chi connectivity index (χ1n) is 5.39. The Hall–Kier alpha value is -1.04. The van der Waals surface area contributed by atoms with Crippen LogP contribution in [0.15, 0.2) is 0 Å². The minimum Gasteiger partial charge on any atom is -0.600 e. The zero-order valence-electron chi connectivity index (χ0n) is 8.93. The summed E-state index contributed by atoms with van der Waals surface area (Å²) < 4.78 is 11.1. The molecule has 2 saturated heterocycles. The minimum atomic E-state index is -1.73. The van der Waals surface area contributed by atoms with Crippen LogP contribution in [0.5, 0.6) is 0 Å². The quantitative estimate of drug-likeness (QED) is 0.568. The van der Waals surface area contributed by atoms with E-state index < -0.39 is 6.69 Å². The molecule has 0 aromatic rings. The largest absolute Gasteiger partial charge is 0.600 e. The number of hydrogen-bond donors (Lipinski definition) is 0. The van der Waals surface area contributed by atoms with Gasteiger partial charge in [0, 0.05) is 7.05 Å². The molecule has 0 amide bonds. The van der Waals surface area contributed by atoms with E-state index in [1.807, 2.05) is 7.05 Å². The molecule has 1 aliphatic carbocycles. The lowest BCUT2D eigenvalue weighted by Gasteiger charge is -2.40. The lowest BCUT2D eigenvalue weighted by atomic mass is 9.61. The molecule has 0 aromatic heterocycles. The number of carbonyl (C=O) groups excluding carboxylic acids is 2. The fourth-order valence-electron chi connectivity index (χ4n) is 3.20. The average Bonchev–Trinajstić information content (AvgIpc) is 2.66. The number of hydrogen-bond acceptors (Lipinski definition) is 4. The molecule has 1 saturated carbocycles. The maximum absolute atomic E-state index is 11.4. The van der Waals surface area contributed by atoms with Gasteiger partial charge >= 0.3 is 18.6 Å². The number of quaternary nitrogens is 1. The fraction of sp³-hybridized carbons (Fsp3) is 0.778. The highest BCUT2D eigenvalue weighted by molar-refractivity contribution is 6.68. The van der Waals surface area contributed by atoms with Gasteiger partial charge in [-0.1, -0.05) is 19.3 Å². The van der Waals surface area contributed by atoms with Crippen molar-refractivity contribution in [3.8, 4) is 0 Å². The molecule has 0 aromatic carbocycles. The van der Waals surface area contributed by atoms with Crippen LogP contribution in [-0.2, 0) is 18.9 Å². The summed E-state index contributed by atoms with van der Waals surface area (Å²) in [6.07, 6.45) is 0.994. The topological polar surface area (TPSA) is 52.6 Å². The predicted octanol–water partition coefficient (Wildman–Crippen LogP) is -0.105. The summed E-state index contributed by atoms with van der Waals surface area (Å²) >= 11 is 0. The van der Waals surface area contributed by atoms with E-state index in [0.717, 1.165) is 6.42 Å². The first kappa shape index (κ1) is 9.21. The molecule has 1 unspecified atom stereocenters. The van der Waals surface area contributed by atoms with Crippen molar-refractivity contribution in [3.05, 3.63) is 0 Å². The summed E-state index contributed by atoms with van der Waals surface area (Å²) in [6, 6.07) is 0. The molecular weight excluding hydrogens is 197 g/mol. The third kappa shape index (κ3) is 0.976. The van der Waals surface area contributed by atoms with Gasteiger partial charge < -0.3 is 13.7 Å². The lowest BCUT2D eigenvalue weighted by molar-refractivity contribution is -0.794. The predicted molar refractivity (Wildman–Crippen MR) is 51.4 cm³/mol. The van der Waals surface area contributed by atoms with Gasteiger partial charge in [-0.15, -0.1) is 0 Å². The van der Waals surface area contributed by atoms with Crippen molar-refractivity contribution in [2.75, 3.05) is 20.1 Å². The molecule has 0 bridgehead atoms. The minimum absolute atomic E-state index is 0.232. The molecule has 3 rings (SSSR count). The maximum atomic E-state index is 11.4. The van der Waals surface area contributed by atoms with Crippen LogP contribution in [0.1, 0.15) is 13.3 Å². The number of rotatable bonds is 1. The van der Waals surface area contributed by atoms with Crippen LogP contribution in [0.25, 0.3) is 0 Å². The van der Waals surface area contributed by atoms with Crippen LogP contribution in [-0.4, -0.2) is 43.2 Å². The van der Waals surface area contributed by atoms with Crippen LogP contribution < -0.4 is 0 Å². The van der Waals surface area contributed by atoms with Gasteiger partial charge in [0.1, 0.15) is 13.1 Å². The van der Waals surface area contributed by atoms with E-state index in [1.54, 1.807) is 0 Å². The van der Waals surface area contributed by atoms with Gasteiger partial charge in [0.2, 0.25) is 0 Å². The lowest BCUT2D eigenvalue weighted by Crippen LogP contribution is -2.60. The summed E-state index contributed by atoms with van der Waals surface area (Å²) in [6.45, 7) is 0.913. The van der Waals surface area contributed by atoms with Gasteiger partial charge in [0.25, 0.3) is 0 Å². The zero-order chi connectivity index (χ0) is 10.8. The van der Waals surface area contributed by atoms with Gasteiger partial charge in [0.05, 0.1) is 0 Å². The highest BCUT2D eigenvalue weighted by Crippen LogP contribution is 2.57. The summed E-state index contributed by atoms with van der Waals surface area (Å²) in [5.74, 6) is 0.278. The number of carbonyl (C=O) groups is 2. The van der Waals surface area contributed by atoms with Crippen LogP contribution in [0, 0.1) is 5.92 Å². The Labute approximate surface area is 87.9 Å². The van der Waals surface area contributed by atoms with Crippen molar-refractivity contribution < 1.29 is 23.3 Å². The Bertz CT molecular complexity index is 349. The maximum Gasteiger partial charge on any atom is 0.587 e. The second-order valence-corrected chi connectivity index (χ2v) is 5.38. The van der Waals surface area contributed by atoms with Gasteiger partial charge in [-0.05, 0) is 5.82 Å². The fourth-order valence-corrected chi connectivity index (χ4v) is 3.20. The summed E-state index contributed by atoms with van der Waals surface area (Å²) in [4.78, 5) is 22.8. The molecule has 0 spiro atoms. The van der Waals surface area contributed by atoms with Crippen molar-refractivity contribution in [1.29, 1.82) is 0 Å². The van der Waals surface area contributed by atoms with Crippen molar-refractivity contribution in [2.24, 2.45) is 5.92 Å². The van der Waals surface area contributed by atoms with E-state index in [-0.39, 0.29) is 30.8 Å². The third-order valence-corrected chi connectivity index (χ3v) is 4.16. The number of nitrogens with zero attached hydrogens (tertiary/aromatic N) is 1. The molecule has 2 heterocycles. The van der Waals surface area contributed by atoms with Crippen LogP contribution >= 0.6 is 0 Å². The molecule has 0 radical (unpaired) electrons. The molecule has 3 aliphatic rings. The van der Waals surface area contributed by atoms with Crippen molar-refractivity contribution in [3.63, 3.8) is 0 Å². The molecular formula is C9H14BNO4. The van der Waals surface area contributed by atoms with E-state index in [9.17, 15) is 9.59 Å². The van der Waals surface area contributed by atoms with E-state index in [2.05, 4.69) is 6.92 Å². The van der Waals surface area contributed by atoms with Gasteiger partial charge in [-0.3, -0.25) is 9.59 Å². The van der Waals surface area contributed by atoms with Crippen LogP contribution in [0.2, 0.25) is 5.82 Å². The first-order valence-corrected chi connectivity index (χ1v) is 5.39. The van der Waals surface area contributed by atoms with Crippen LogP contribution in [0.3, 0.4) is 0 Å². The smallest absolute Gasteiger partial charge is 0.587 e.